The second-order valence-electron chi connectivity index (χ2n) is 6.44. The van der Waals surface area contributed by atoms with Crippen LogP contribution < -0.4 is 0 Å². The average molecular weight is 285 g/mol. The van der Waals surface area contributed by atoms with Crippen molar-refractivity contribution in [2.75, 3.05) is 32.7 Å². The van der Waals surface area contributed by atoms with Crippen molar-refractivity contribution in [3.63, 3.8) is 0 Å². The van der Waals surface area contributed by atoms with Gasteiger partial charge in [0.25, 0.3) is 0 Å². The van der Waals surface area contributed by atoms with E-state index in [1.807, 2.05) is 6.20 Å². The van der Waals surface area contributed by atoms with E-state index in [9.17, 15) is 0 Å². The maximum atomic E-state index is 4.41. The Morgan fingerprint density at radius 2 is 1.90 bits per heavy atom. The summed E-state index contributed by atoms with van der Waals surface area (Å²) in [7, 11) is 0. The number of nitrogens with zero attached hydrogens (tertiary/aromatic N) is 3. The molecule has 1 saturated carbocycles. The summed E-state index contributed by atoms with van der Waals surface area (Å²) < 4.78 is 0. The van der Waals surface area contributed by atoms with Crippen molar-refractivity contribution in [3.05, 3.63) is 35.7 Å². The van der Waals surface area contributed by atoms with Crippen LogP contribution in [0.5, 0.6) is 0 Å². The topological polar surface area (TPSA) is 19.4 Å². The summed E-state index contributed by atoms with van der Waals surface area (Å²) in [5.74, 6) is 0. The lowest BCUT2D eigenvalue weighted by Gasteiger charge is -2.37. The Labute approximate surface area is 128 Å². The Kier molecular flexibility index (Phi) is 5.04. The van der Waals surface area contributed by atoms with E-state index < -0.39 is 0 Å². The van der Waals surface area contributed by atoms with Gasteiger partial charge in [-0.1, -0.05) is 25.0 Å². The first kappa shape index (κ1) is 14.7. The van der Waals surface area contributed by atoms with Gasteiger partial charge in [0.15, 0.2) is 0 Å². The van der Waals surface area contributed by atoms with E-state index >= 15 is 0 Å². The Morgan fingerprint density at radius 1 is 1.14 bits per heavy atom. The summed E-state index contributed by atoms with van der Waals surface area (Å²) in [6.07, 6.45) is 12.1. The molecule has 0 bridgehead atoms. The van der Waals surface area contributed by atoms with Gasteiger partial charge in [-0.25, -0.2) is 0 Å². The lowest BCUT2D eigenvalue weighted by molar-refractivity contribution is 0.105. The summed E-state index contributed by atoms with van der Waals surface area (Å²) in [6.45, 7) is 8.05. The molecule has 0 radical (unpaired) electrons. The lowest BCUT2D eigenvalue weighted by Crippen LogP contribution is -2.49. The molecule has 0 unspecified atom stereocenters. The van der Waals surface area contributed by atoms with Crippen LogP contribution in [-0.4, -0.2) is 53.5 Å². The third kappa shape index (κ3) is 4.14. The zero-order chi connectivity index (χ0) is 14.5. The summed E-state index contributed by atoms with van der Waals surface area (Å²) in [6, 6.07) is 5.09. The van der Waals surface area contributed by atoms with Gasteiger partial charge in [0.2, 0.25) is 0 Å². The van der Waals surface area contributed by atoms with Gasteiger partial charge in [-0.3, -0.25) is 14.8 Å². The van der Waals surface area contributed by atoms with Gasteiger partial charge in [0, 0.05) is 45.0 Å². The van der Waals surface area contributed by atoms with Crippen LogP contribution in [0.2, 0.25) is 0 Å². The number of hydrogen-bond acceptors (Lipinski definition) is 3. The van der Waals surface area contributed by atoms with Gasteiger partial charge in [0.05, 0.1) is 5.69 Å². The van der Waals surface area contributed by atoms with Crippen LogP contribution in [0.15, 0.2) is 24.4 Å². The van der Waals surface area contributed by atoms with Crippen molar-refractivity contribution >= 4 is 6.08 Å². The molecular weight excluding hydrogens is 258 g/mol. The summed E-state index contributed by atoms with van der Waals surface area (Å²) in [4.78, 5) is 9.68. The molecule has 1 saturated heterocycles. The molecular formula is C18H27N3. The van der Waals surface area contributed by atoms with Gasteiger partial charge in [-0.15, -0.1) is 0 Å². The van der Waals surface area contributed by atoms with Crippen LogP contribution in [0, 0.1) is 6.92 Å². The highest BCUT2D eigenvalue weighted by molar-refractivity contribution is 5.44. The normalized spacial score (nSPS) is 22.3. The molecule has 2 heterocycles. The van der Waals surface area contributed by atoms with Gasteiger partial charge in [-0.05, 0) is 37.5 Å². The summed E-state index contributed by atoms with van der Waals surface area (Å²) >= 11 is 0. The molecule has 1 aliphatic heterocycles. The third-order valence-electron chi connectivity index (χ3n) is 4.83. The van der Waals surface area contributed by atoms with Crippen molar-refractivity contribution < 1.29 is 0 Å². The van der Waals surface area contributed by atoms with Crippen LogP contribution in [0.3, 0.4) is 0 Å². The minimum Gasteiger partial charge on any atom is -0.298 e. The molecule has 0 amide bonds. The number of aromatic nitrogens is 1. The van der Waals surface area contributed by atoms with Crippen LogP contribution in [0.4, 0.5) is 0 Å². The first-order chi connectivity index (χ1) is 10.3. The van der Waals surface area contributed by atoms with E-state index in [1.165, 1.54) is 57.4 Å². The first-order valence-corrected chi connectivity index (χ1v) is 8.37. The molecule has 1 aromatic heterocycles. The van der Waals surface area contributed by atoms with Crippen LogP contribution in [-0.2, 0) is 0 Å². The maximum Gasteiger partial charge on any atom is 0.0627 e. The molecule has 0 N–H and O–H groups in total. The minimum atomic E-state index is 0.888. The maximum absolute atomic E-state index is 4.41. The van der Waals surface area contributed by atoms with Gasteiger partial charge >= 0.3 is 0 Å². The number of rotatable bonds is 4. The highest BCUT2D eigenvalue weighted by atomic mass is 15.3. The van der Waals surface area contributed by atoms with Crippen LogP contribution in [0.25, 0.3) is 6.08 Å². The summed E-state index contributed by atoms with van der Waals surface area (Å²) in [5.41, 5.74) is 2.28. The first-order valence-electron chi connectivity index (χ1n) is 8.37. The molecule has 2 fully saturated rings. The van der Waals surface area contributed by atoms with Gasteiger partial charge in [-0.2, -0.15) is 0 Å². The highest BCUT2D eigenvalue weighted by Crippen LogP contribution is 2.24. The molecule has 2 aliphatic rings. The van der Waals surface area contributed by atoms with E-state index in [4.69, 9.17) is 0 Å². The molecule has 3 nitrogen and oxygen atoms in total. The number of pyridine rings is 1. The number of hydrogen-bond donors (Lipinski definition) is 0. The molecule has 0 atom stereocenters. The smallest absolute Gasteiger partial charge is 0.0627 e. The Hall–Kier alpha value is -1.19. The lowest BCUT2D eigenvalue weighted by atomic mass is 10.2. The monoisotopic (exact) mass is 285 g/mol. The Morgan fingerprint density at radius 3 is 2.57 bits per heavy atom. The standard InChI is InChI=1S/C18H27N3/c1-16-8-9-17(19-15-16)5-4-10-20-11-13-21(14-12-20)18-6-2-3-7-18/h4-5,8-9,15,18H,2-3,6-7,10-14H2,1H3/b5-4+. The fraction of sp³-hybridized carbons (Fsp3) is 0.611. The second-order valence-corrected chi connectivity index (χ2v) is 6.44. The van der Waals surface area contributed by atoms with Crippen molar-refractivity contribution in [2.45, 2.75) is 38.6 Å². The zero-order valence-corrected chi connectivity index (χ0v) is 13.2. The quantitative estimate of drug-likeness (QED) is 0.848. The molecule has 0 aromatic carbocycles. The van der Waals surface area contributed by atoms with E-state index in [2.05, 4.69) is 46.0 Å². The minimum absolute atomic E-state index is 0.888. The van der Waals surface area contributed by atoms with Gasteiger partial charge < -0.3 is 0 Å². The van der Waals surface area contributed by atoms with Crippen molar-refractivity contribution in [2.24, 2.45) is 0 Å². The molecule has 0 spiro atoms. The predicted molar refractivity (Wildman–Crippen MR) is 88.3 cm³/mol. The zero-order valence-electron chi connectivity index (χ0n) is 13.2. The average Bonchev–Trinajstić information content (AvgIpc) is 3.04. The molecule has 114 valence electrons. The predicted octanol–water partition coefficient (Wildman–Crippen LogP) is 2.96. The molecule has 3 heteroatoms. The highest BCUT2D eigenvalue weighted by Gasteiger charge is 2.25. The van der Waals surface area contributed by atoms with Crippen molar-refractivity contribution in [1.82, 2.24) is 14.8 Å². The Balaban J connectivity index is 1.41. The largest absolute Gasteiger partial charge is 0.298 e. The Bertz CT molecular complexity index is 452. The van der Waals surface area contributed by atoms with E-state index in [1.54, 1.807) is 0 Å². The SMILES string of the molecule is Cc1ccc(/C=C/CN2CCN(C3CCCC3)CC2)nc1. The van der Waals surface area contributed by atoms with E-state index in [-0.39, 0.29) is 0 Å². The number of piperazine rings is 1. The van der Waals surface area contributed by atoms with Crippen LogP contribution >= 0.6 is 0 Å². The van der Waals surface area contributed by atoms with E-state index in [0.717, 1.165) is 18.3 Å². The van der Waals surface area contributed by atoms with Gasteiger partial charge in [0.1, 0.15) is 0 Å². The van der Waals surface area contributed by atoms with E-state index in [0.29, 0.717) is 0 Å². The molecule has 1 aromatic rings. The molecule has 3 rings (SSSR count). The number of aryl methyl sites for hydroxylation is 1. The fourth-order valence-corrected chi connectivity index (χ4v) is 3.48. The van der Waals surface area contributed by atoms with Crippen molar-refractivity contribution in [3.8, 4) is 0 Å². The molecule has 21 heavy (non-hydrogen) atoms. The van der Waals surface area contributed by atoms with Crippen LogP contribution in [0.1, 0.15) is 36.9 Å². The second kappa shape index (κ2) is 7.19. The van der Waals surface area contributed by atoms with Crippen molar-refractivity contribution in [1.29, 1.82) is 0 Å². The molecule has 1 aliphatic carbocycles. The third-order valence-corrected chi connectivity index (χ3v) is 4.83. The summed E-state index contributed by atoms with van der Waals surface area (Å²) in [5, 5.41) is 0. The fourth-order valence-electron chi connectivity index (χ4n) is 3.48.